The van der Waals surface area contributed by atoms with E-state index in [0.29, 0.717) is 35.5 Å². The van der Waals surface area contributed by atoms with Gasteiger partial charge in [0.1, 0.15) is 5.65 Å². The van der Waals surface area contributed by atoms with Gasteiger partial charge >= 0.3 is 0 Å². The van der Waals surface area contributed by atoms with Crippen molar-refractivity contribution >= 4 is 22.9 Å². The number of H-pyrrole nitrogens is 2. The van der Waals surface area contributed by atoms with E-state index in [4.69, 9.17) is 5.73 Å². The monoisotopic (exact) mass is 353 g/mol. The third-order valence-corrected chi connectivity index (χ3v) is 4.21. The van der Waals surface area contributed by atoms with Crippen molar-refractivity contribution in [1.82, 2.24) is 20.3 Å². The zero-order valence-electron chi connectivity index (χ0n) is 14.9. The molecule has 0 unspecified atom stereocenters. The minimum absolute atomic E-state index is 0.0583. The molecule has 1 amide bonds. The van der Waals surface area contributed by atoms with Crippen molar-refractivity contribution in [2.45, 2.75) is 26.7 Å². The molecule has 136 valence electrons. The Morgan fingerprint density at radius 3 is 2.65 bits per heavy atom. The van der Waals surface area contributed by atoms with Crippen molar-refractivity contribution < 1.29 is 4.79 Å². The Morgan fingerprint density at radius 1 is 1.23 bits per heavy atom. The fourth-order valence-electron chi connectivity index (χ4n) is 2.82. The van der Waals surface area contributed by atoms with E-state index in [9.17, 15) is 9.59 Å². The lowest BCUT2D eigenvalue weighted by Gasteiger charge is -2.08. The number of nitrogens with zero attached hydrogens (tertiary/aromatic N) is 1. The van der Waals surface area contributed by atoms with Gasteiger partial charge in [0.25, 0.3) is 11.5 Å². The molecule has 0 aliphatic rings. The van der Waals surface area contributed by atoms with E-state index in [2.05, 4.69) is 34.1 Å². The summed E-state index contributed by atoms with van der Waals surface area (Å²) in [7, 11) is 0. The quantitative estimate of drug-likeness (QED) is 0.542. The van der Waals surface area contributed by atoms with Gasteiger partial charge in [0.05, 0.1) is 5.39 Å². The van der Waals surface area contributed by atoms with Gasteiger partial charge in [-0.2, -0.15) is 4.98 Å². The summed E-state index contributed by atoms with van der Waals surface area (Å²) in [6, 6.07) is 7.55. The zero-order valence-corrected chi connectivity index (χ0v) is 14.9. The van der Waals surface area contributed by atoms with Crippen molar-refractivity contribution in [2.24, 2.45) is 5.92 Å². The Morgan fingerprint density at radius 2 is 1.96 bits per heavy atom. The molecule has 0 saturated carbocycles. The minimum Gasteiger partial charge on any atom is -0.369 e. The number of nitrogens with two attached hydrogens (primary N) is 1. The normalized spacial score (nSPS) is 11.2. The lowest BCUT2D eigenvalue weighted by molar-refractivity contribution is 0.0949. The molecule has 0 spiro atoms. The minimum atomic E-state index is -0.235. The first-order valence-corrected chi connectivity index (χ1v) is 8.67. The molecule has 0 aliphatic heterocycles. The number of hydrogen-bond donors (Lipinski definition) is 4. The number of benzene rings is 1. The van der Waals surface area contributed by atoms with Crippen LogP contribution in [-0.2, 0) is 12.8 Å². The molecule has 1 aromatic carbocycles. The third kappa shape index (κ3) is 3.93. The van der Waals surface area contributed by atoms with Crippen LogP contribution in [0.25, 0.3) is 11.0 Å². The standard InChI is InChI=1S/C19H23N5O2/c1-11(2)9-22-17(25)13-6-3-12(4-7-13)5-8-14-10-21-16-15(14)18(26)24-19(20)23-16/h3-4,6-7,10-11H,5,8-9H2,1-2H3,(H,22,25)(H4,20,21,23,24,26). The molecule has 0 radical (unpaired) electrons. The van der Waals surface area contributed by atoms with Crippen LogP contribution in [0.15, 0.2) is 35.3 Å². The first kappa shape index (κ1) is 17.7. The van der Waals surface area contributed by atoms with Crippen LogP contribution in [0, 0.1) is 5.92 Å². The smallest absolute Gasteiger partial charge is 0.262 e. The predicted octanol–water partition coefficient (Wildman–Crippen LogP) is 2.00. The maximum absolute atomic E-state index is 12.1. The van der Waals surface area contributed by atoms with E-state index in [1.807, 2.05) is 24.3 Å². The maximum atomic E-state index is 12.1. The van der Waals surface area contributed by atoms with Crippen molar-refractivity contribution in [2.75, 3.05) is 12.3 Å². The summed E-state index contributed by atoms with van der Waals surface area (Å²) in [4.78, 5) is 33.7. The predicted molar refractivity (Wildman–Crippen MR) is 102 cm³/mol. The number of carbonyl (C=O) groups is 1. The van der Waals surface area contributed by atoms with Gasteiger partial charge in [-0.15, -0.1) is 0 Å². The molecular weight excluding hydrogens is 330 g/mol. The molecule has 3 aromatic rings. The molecule has 5 N–H and O–H groups in total. The highest BCUT2D eigenvalue weighted by atomic mass is 16.1. The number of aromatic nitrogens is 3. The van der Waals surface area contributed by atoms with Gasteiger partial charge in [0.15, 0.2) is 0 Å². The van der Waals surface area contributed by atoms with Crippen LogP contribution < -0.4 is 16.6 Å². The van der Waals surface area contributed by atoms with Gasteiger partial charge in [-0.05, 0) is 42.0 Å². The summed E-state index contributed by atoms with van der Waals surface area (Å²) in [5, 5.41) is 3.45. The average molecular weight is 353 g/mol. The number of rotatable bonds is 6. The first-order valence-electron chi connectivity index (χ1n) is 8.67. The SMILES string of the molecule is CC(C)CNC(=O)c1ccc(CCc2c[nH]c3nc(N)[nH]c(=O)c23)cc1. The van der Waals surface area contributed by atoms with Crippen LogP contribution in [0.2, 0.25) is 0 Å². The van der Waals surface area contributed by atoms with E-state index in [1.165, 1.54) is 0 Å². The maximum Gasteiger partial charge on any atom is 0.262 e. The molecule has 3 rings (SSSR count). The number of fused-ring (bicyclic) bond motifs is 1. The zero-order chi connectivity index (χ0) is 18.7. The number of nitrogens with one attached hydrogen (secondary N) is 3. The molecule has 7 heteroatoms. The van der Waals surface area contributed by atoms with E-state index < -0.39 is 0 Å². The van der Waals surface area contributed by atoms with Crippen molar-refractivity contribution in [3.63, 3.8) is 0 Å². The second kappa shape index (κ2) is 7.43. The average Bonchev–Trinajstić information content (AvgIpc) is 3.01. The highest BCUT2D eigenvalue weighted by Gasteiger charge is 2.11. The molecular formula is C19H23N5O2. The number of carbonyl (C=O) groups excluding carboxylic acids is 1. The lowest BCUT2D eigenvalue weighted by atomic mass is 10.0. The van der Waals surface area contributed by atoms with Crippen LogP contribution in [0.4, 0.5) is 5.95 Å². The Kier molecular flexibility index (Phi) is 5.06. The molecule has 0 atom stereocenters. The molecule has 2 heterocycles. The summed E-state index contributed by atoms with van der Waals surface area (Å²) in [6.45, 7) is 4.78. The van der Waals surface area contributed by atoms with E-state index in [1.54, 1.807) is 6.20 Å². The molecule has 2 aromatic heterocycles. The number of aryl methyl sites for hydroxylation is 2. The van der Waals surface area contributed by atoms with Crippen LogP contribution >= 0.6 is 0 Å². The van der Waals surface area contributed by atoms with Crippen LogP contribution in [0.5, 0.6) is 0 Å². The number of anilines is 1. The van der Waals surface area contributed by atoms with Gasteiger partial charge in [0.2, 0.25) is 5.95 Å². The number of nitrogen functional groups attached to an aromatic ring is 1. The van der Waals surface area contributed by atoms with Gasteiger partial charge in [-0.1, -0.05) is 26.0 Å². The van der Waals surface area contributed by atoms with Gasteiger partial charge in [-0.3, -0.25) is 14.6 Å². The topological polar surface area (TPSA) is 117 Å². The molecule has 0 saturated heterocycles. The van der Waals surface area contributed by atoms with E-state index >= 15 is 0 Å². The van der Waals surface area contributed by atoms with Crippen LogP contribution in [0.1, 0.15) is 35.3 Å². The Labute approximate surface area is 151 Å². The van der Waals surface area contributed by atoms with Crippen molar-refractivity contribution in [1.29, 1.82) is 0 Å². The Bertz CT molecular complexity index is 970. The first-order chi connectivity index (χ1) is 12.4. The summed E-state index contributed by atoms with van der Waals surface area (Å²) in [6.07, 6.45) is 3.23. The highest BCUT2D eigenvalue weighted by Crippen LogP contribution is 2.16. The van der Waals surface area contributed by atoms with E-state index in [-0.39, 0.29) is 17.4 Å². The van der Waals surface area contributed by atoms with E-state index in [0.717, 1.165) is 17.5 Å². The Hall–Kier alpha value is -3.09. The number of hydrogen-bond acceptors (Lipinski definition) is 4. The second-order valence-corrected chi connectivity index (χ2v) is 6.79. The fraction of sp³-hybridized carbons (Fsp3) is 0.316. The molecule has 0 fully saturated rings. The molecule has 0 aliphatic carbocycles. The van der Waals surface area contributed by atoms with Crippen molar-refractivity contribution in [3.8, 4) is 0 Å². The second-order valence-electron chi connectivity index (χ2n) is 6.79. The van der Waals surface area contributed by atoms with Gasteiger partial charge in [0, 0.05) is 18.3 Å². The molecule has 0 bridgehead atoms. The molecule has 26 heavy (non-hydrogen) atoms. The summed E-state index contributed by atoms with van der Waals surface area (Å²) in [5.74, 6) is 0.460. The van der Waals surface area contributed by atoms with Crippen LogP contribution in [-0.4, -0.2) is 27.4 Å². The summed E-state index contributed by atoms with van der Waals surface area (Å²) in [5.41, 5.74) is 8.46. The number of aromatic amines is 2. The number of amides is 1. The highest BCUT2D eigenvalue weighted by molar-refractivity contribution is 5.94. The summed E-state index contributed by atoms with van der Waals surface area (Å²) >= 11 is 0. The van der Waals surface area contributed by atoms with Crippen molar-refractivity contribution in [3.05, 3.63) is 57.5 Å². The fourth-order valence-corrected chi connectivity index (χ4v) is 2.82. The third-order valence-electron chi connectivity index (χ3n) is 4.21. The van der Waals surface area contributed by atoms with Gasteiger partial charge in [-0.25, -0.2) is 0 Å². The van der Waals surface area contributed by atoms with Crippen LogP contribution in [0.3, 0.4) is 0 Å². The molecule has 7 nitrogen and oxygen atoms in total. The lowest BCUT2D eigenvalue weighted by Crippen LogP contribution is -2.27. The summed E-state index contributed by atoms with van der Waals surface area (Å²) < 4.78 is 0. The van der Waals surface area contributed by atoms with Gasteiger partial charge < -0.3 is 16.0 Å². The Balaban J connectivity index is 1.67. The largest absolute Gasteiger partial charge is 0.369 e.